The lowest BCUT2D eigenvalue weighted by Gasteiger charge is -2.11. The summed E-state index contributed by atoms with van der Waals surface area (Å²) in [6, 6.07) is 13.1. The number of hydrogen-bond acceptors (Lipinski definition) is 6. The van der Waals surface area contributed by atoms with E-state index in [1.54, 1.807) is 16.9 Å². The molecule has 0 aliphatic heterocycles. The van der Waals surface area contributed by atoms with Crippen LogP contribution in [0.2, 0.25) is 0 Å². The normalized spacial score (nSPS) is 11.5. The molecule has 0 saturated heterocycles. The van der Waals surface area contributed by atoms with Crippen LogP contribution in [0.25, 0.3) is 16.7 Å². The van der Waals surface area contributed by atoms with Gasteiger partial charge in [0.05, 0.1) is 29.4 Å². The third kappa shape index (κ3) is 3.39. The van der Waals surface area contributed by atoms with Crippen molar-refractivity contribution >= 4 is 28.4 Å². The number of nitrogens with zero attached hydrogens (tertiary/aromatic N) is 5. The van der Waals surface area contributed by atoms with E-state index in [-0.39, 0.29) is 5.56 Å². The second-order valence-electron chi connectivity index (χ2n) is 7.11. The molecule has 0 spiro atoms. The Hall–Kier alpha value is -3.39. The summed E-state index contributed by atoms with van der Waals surface area (Å²) in [5.41, 5.74) is 3.51. The zero-order valence-corrected chi connectivity index (χ0v) is 17.4. The number of benzene rings is 1. The lowest BCUT2D eigenvalue weighted by molar-refractivity contribution is 0.476. The van der Waals surface area contributed by atoms with Crippen molar-refractivity contribution in [3.63, 3.8) is 0 Å². The number of imidazole rings is 1. The van der Waals surface area contributed by atoms with Gasteiger partial charge in [-0.15, -0.1) is 0 Å². The Bertz CT molecular complexity index is 1420. The molecule has 0 bridgehead atoms. The Kier molecular flexibility index (Phi) is 4.63. The van der Waals surface area contributed by atoms with Crippen molar-refractivity contribution in [2.75, 3.05) is 0 Å². The Morgan fingerprint density at radius 3 is 2.77 bits per heavy atom. The number of hydrogen-bond donors (Lipinski definition) is 0. The van der Waals surface area contributed by atoms with E-state index >= 15 is 0 Å². The highest BCUT2D eigenvalue weighted by Gasteiger charge is 2.14. The van der Waals surface area contributed by atoms with Crippen molar-refractivity contribution in [3.8, 4) is 0 Å². The minimum atomic E-state index is -0.0809. The number of aryl methyl sites for hydroxylation is 2. The quantitative estimate of drug-likeness (QED) is 0.318. The summed E-state index contributed by atoms with van der Waals surface area (Å²) in [5.74, 6) is 1.96. The van der Waals surface area contributed by atoms with E-state index in [4.69, 9.17) is 9.40 Å². The summed E-state index contributed by atoms with van der Waals surface area (Å²) in [6.07, 6.45) is 3.59. The van der Waals surface area contributed by atoms with Crippen LogP contribution < -0.4 is 5.56 Å². The first-order chi connectivity index (χ1) is 14.6. The van der Waals surface area contributed by atoms with Crippen LogP contribution in [0.3, 0.4) is 0 Å². The molecule has 0 unspecified atom stereocenters. The molecule has 5 rings (SSSR count). The van der Waals surface area contributed by atoms with Crippen molar-refractivity contribution in [1.29, 1.82) is 0 Å². The first-order valence-corrected chi connectivity index (χ1v) is 10.5. The maximum atomic E-state index is 13.1. The predicted molar refractivity (Wildman–Crippen MR) is 116 cm³/mol. The lowest BCUT2D eigenvalue weighted by Crippen LogP contribution is -2.23. The topological polar surface area (TPSA) is 78.2 Å². The first kappa shape index (κ1) is 18.6. The summed E-state index contributed by atoms with van der Waals surface area (Å²) in [7, 11) is 0. The first-order valence-electron chi connectivity index (χ1n) is 9.55. The Morgan fingerprint density at radius 1 is 1.07 bits per heavy atom. The van der Waals surface area contributed by atoms with E-state index in [2.05, 4.69) is 9.97 Å². The van der Waals surface area contributed by atoms with Crippen LogP contribution in [0.4, 0.5) is 0 Å². The van der Waals surface area contributed by atoms with Gasteiger partial charge in [-0.1, -0.05) is 23.9 Å². The van der Waals surface area contributed by atoms with Gasteiger partial charge < -0.3 is 4.42 Å². The van der Waals surface area contributed by atoms with Crippen molar-refractivity contribution in [2.45, 2.75) is 31.3 Å². The second-order valence-corrected chi connectivity index (χ2v) is 8.05. The molecule has 4 heterocycles. The second kappa shape index (κ2) is 7.46. The predicted octanol–water partition coefficient (Wildman–Crippen LogP) is 3.99. The van der Waals surface area contributed by atoms with Crippen molar-refractivity contribution < 1.29 is 4.42 Å². The van der Waals surface area contributed by atoms with Crippen LogP contribution in [0.1, 0.15) is 22.8 Å². The number of rotatable bonds is 5. The molecule has 30 heavy (non-hydrogen) atoms. The maximum Gasteiger partial charge on any atom is 0.262 e. The van der Waals surface area contributed by atoms with Gasteiger partial charge in [0.25, 0.3) is 5.56 Å². The Labute approximate surface area is 176 Å². The molecule has 0 atom stereocenters. The van der Waals surface area contributed by atoms with Crippen LogP contribution in [-0.4, -0.2) is 23.9 Å². The molecule has 7 nitrogen and oxygen atoms in total. The number of aromatic nitrogens is 5. The van der Waals surface area contributed by atoms with E-state index in [0.29, 0.717) is 39.9 Å². The molecule has 0 radical (unpaired) electrons. The highest BCUT2D eigenvalue weighted by molar-refractivity contribution is 7.98. The van der Waals surface area contributed by atoms with Gasteiger partial charge in [-0.25, -0.2) is 15.0 Å². The summed E-state index contributed by atoms with van der Waals surface area (Å²) >= 11 is 1.48. The molecular formula is C22H19N5O2S. The fourth-order valence-corrected chi connectivity index (χ4v) is 4.36. The van der Waals surface area contributed by atoms with Crippen LogP contribution >= 0.6 is 11.8 Å². The monoisotopic (exact) mass is 417 g/mol. The molecule has 0 aliphatic rings. The SMILES string of the molecule is Cc1cc(C)n2cc(CSc3nc4ccccc4c(=O)n3Cc3ccco3)nc2n1. The fraction of sp³-hybridized carbons (Fsp3) is 0.182. The largest absolute Gasteiger partial charge is 0.467 e. The van der Waals surface area contributed by atoms with Gasteiger partial charge in [-0.3, -0.25) is 13.8 Å². The fourth-order valence-electron chi connectivity index (χ4n) is 3.48. The number of furan rings is 1. The van der Waals surface area contributed by atoms with E-state index in [0.717, 1.165) is 17.1 Å². The van der Waals surface area contributed by atoms with Gasteiger partial charge >= 0.3 is 0 Å². The standard InChI is InChI=1S/C22H19N5O2S/c1-14-10-15(2)26-11-16(24-21(26)23-14)13-30-22-25-19-8-4-3-7-18(19)20(28)27(22)12-17-6-5-9-29-17/h3-11H,12-13H2,1-2H3. The average molecular weight is 417 g/mol. The Balaban J connectivity index is 1.53. The van der Waals surface area contributed by atoms with Gasteiger partial charge in [-0.2, -0.15) is 0 Å². The molecule has 0 N–H and O–H groups in total. The summed E-state index contributed by atoms with van der Waals surface area (Å²) < 4.78 is 9.11. The van der Waals surface area contributed by atoms with Crippen molar-refractivity contribution in [3.05, 3.63) is 88.1 Å². The van der Waals surface area contributed by atoms with Gasteiger partial charge in [0.2, 0.25) is 5.78 Å². The van der Waals surface area contributed by atoms with Crippen LogP contribution in [0, 0.1) is 13.8 Å². The van der Waals surface area contributed by atoms with E-state index in [1.807, 2.05) is 60.8 Å². The maximum absolute atomic E-state index is 13.1. The number of fused-ring (bicyclic) bond motifs is 2. The van der Waals surface area contributed by atoms with Crippen molar-refractivity contribution in [1.82, 2.24) is 23.9 Å². The van der Waals surface area contributed by atoms with Gasteiger partial charge in [-0.05, 0) is 44.2 Å². The molecule has 4 aromatic heterocycles. The third-order valence-corrected chi connectivity index (χ3v) is 5.89. The minimum Gasteiger partial charge on any atom is -0.467 e. The molecule has 0 saturated carbocycles. The molecular weight excluding hydrogens is 398 g/mol. The molecule has 0 amide bonds. The molecule has 5 aromatic rings. The van der Waals surface area contributed by atoms with E-state index in [9.17, 15) is 4.79 Å². The van der Waals surface area contributed by atoms with Crippen LogP contribution in [0.15, 0.2) is 69.3 Å². The van der Waals surface area contributed by atoms with Crippen LogP contribution in [0.5, 0.6) is 0 Å². The summed E-state index contributed by atoms with van der Waals surface area (Å²) in [5, 5.41) is 1.23. The van der Waals surface area contributed by atoms with Gasteiger partial charge in [0.15, 0.2) is 5.16 Å². The molecule has 0 fully saturated rings. The summed E-state index contributed by atoms with van der Waals surface area (Å²) in [6.45, 7) is 4.33. The zero-order valence-electron chi connectivity index (χ0n) is 16.6. The van der Waals surface area contributed by atoms with Crippen LogP contribution in [-0.2, 0) is 12.3 Å². The third-order valence-electron chi connectivity index (χ3n) is 4.88. The van der Waals surface area contributed by atoms with Gasteiger partial charge in [0.1, 0.15) is 5.76 Å². The molecule has 8 heteroatoms. The number of thioether (sulfide) groups is 1. The smallest absolute Gasteiger partial charge is 0.262 e. The molecule has 0 aliphatic carbocycles. The van der Waals surface area contributed by atoms with Crippen molar-refractivity contribution in [2.24, 2.45) is 0 Å². The number of para-hydroxylation sites is 1. The highest BCUT2D eigenvalue weighted by Crippen LogP contribution is 2.23. The van der Waals surface area contributed by atoms with Gasteiger partial charge in [0, 0.05) is 23.3 Å². The summed E-state index contributed by atoms with van der Waals surface area (Å²) in [4.78, 5) is 27.0. The molecule has 1 aromatic carbocycles. The highest BCUT2D eigenvalue weighted by atomic mass is 32.2. The Morgan fingerprint density at radius 2 is 1.93 bits per heavy atom. The minimum absolute atomic E-state index is 0.0809. The average Bonchev–Trinajstić information content (AvgIpc) is 3.38. The zero-order chi connectivity index (χ0) is 20.7. The van der Waals surface area contributed by atoms with E-state index in [1.165, 1.54) is 11.8 Å². The van der Waals surface area contributed by atoms with E-state index < -0.39 is 0 Å². The lowest BCUT2D eigenvalue weighted by atomic mass is 10.2. The molecule has 150 valence electrons.